The SMILES string of the molecule is CN(C)c1ccc(B(O)OC(C)(C)C(C)(C)O)cc1[N+](=O)[O-]. The van der Waals surface area contributed by atoms with Crippen LogP contribution in [0, 0.1) is 10.1 Å². The number of hydrogen-bond donors (Lipinski definition) is 2. The number of nitro benzene ring substituents is 1. The minimum Gasteiger partial charge on any atom is -0.423 e. The Balaban J connectivity index is 3.12. The van der Waals surface area contributed by atoms with Gasteiger partial charge in [-0.25, -0.2) is 0 Å². The lowest BCUT2D eigenvalue weighted by Gasteiger charge is -2.38. The fraction of sp³-hybridized carbons (Fsp3) is 0.571. The van der Waals surface area contributed by atoms with Crippen molar-refractivity contribution in [3.8, 4) is 0 Å². The maximum Gasteiger partial charge on any atom is 0.491 e. The molecule has 0 spiro atoms. The molecule has 0 radical (unpaired) electrons. The average Bonchev–Trinajstić information content (AvgIpc) is 2.35. The minimum atomic E-state index is -1.38. The van der Waals surface area contributed by atoms with Gasteiger partial charge in [0.15, 0.2) is 0 Å². The van der Waals surface area contributed by atoms with E-state index in [1.165, 1.54) is 6.07 Å². The molecule has 0 saturated carbocycles. The predicted octanol–water partition coefficient (Wildman–Crippen LogP) is 0.914. The van der Waals surface area contributed by atoms with Crippen molar-refractivity contribution < 1.29 is 19.7 Å². The quantitative estimate of drug-likeness (QED) is 0.461. The van der Waals surface area contributed by atoms with Crippen LogP contribution < -0.4 is 10.4 Å². The Morgan fingerprint density at radius 2 is 1.82 bits per heavy atom. The van der Waals surface area contributed by atoms with Crippen molar-refractivity contribution in [3.05, 3.63) is 28.3 Å². The fourth-order valence-corrected chi connectivity index (χ4v) is 1.71. The van der Waals surface area contributed by atoms with Gasteiger partial charge in [0.1, 0.15) is 5.69 Å². The third-order valence-corrected chi connectivity index (χ3v) is 3.84. The lowest BCUT2D eigenvalue weighted by molar-refractivity contribution is -0.384. The molecule has 0 bridgehead atoms. The molecule has 1 aromatic carbocycles. The maximum absolute atomic E-state index is 11.2. The van der Waals surface area contributed by atoms with Gasteiger partial charge in [-0.1, -0.05) is 6.07 Å². The van der Waals surface area contributed by atoms with Crippen LogP contribution in [0.2, 0.25) is 0 Å². The molecule has 0 heterocycles. The molecular formula is C14H23BN2O5. The molecule has 1 rings (SSSR count). The lowest BCUT2D eigenvalue weighted by atomic mass is 9.76. The highest BCUT2D eigenvalue weighted by Crippen LogP contribution is 2.27. The van der Waals surface area contributed by atoms with Crippen LogP contribution in [0.15, 0.2) is 18.2 Å². The van der Waals surface area contributed by atoms with E-state index < -0.39 is 23.2 Å². The number of nitrogens with zero attached hydrogens (tertiary/aromatic N) is 2. The summed E-state index contributed by atoms with van der Waals surface area (Å²) in [7, 11) is 2.02. The Morgan fingerprint density at radius 3 is 2.23 bits per heavy atom. The van der Waals surface area contributed by atoms with Crippen LogP contribution >= 0.6 is 0 Å². The largest absolute Gasteiger partial charge is 0.491 e. The second kappa shape index (κ2) is 6.24. The molecule has 0 unspecified atom stereocenters. The highest BCUT2D eigenvalue weighted by Gasteiger charge is 2.39. The Hall–Kier alpha value is -1.64. The van der Waals surface area contributed by atoms with Gasteiger partial charge in [-0.2, -0.15) is 0 Å². The van der Waals surface area contributed by atoms with Gasteiger partial charge in [-0.15, -0.1) is 0 Å². The Morgan fingerprint density at radius 1 is 1.27 bits per heavy atom. The Bertz CT molecular complexity index is 555. The van der Waals surface area contributed by atoms with Crippen LogP contribution in [0.25, 0.3) is 0 Å². The topological polar surface area (TPSA) is 96.1 Å². The van der Waals surface area contributed by atoms with Crippen molar-refractivity contribution in [2.75, 3.05) is 19.0 Å². The standard InChI is InChI=1S/C14H23BN2O5/c1-13(2,18)14(3,4)22-15(19)10-7-8-11(16(5)6)12(9-10)17(20)21/h7-9,18-19H,1-6H3. The predicted molar refractivity (Wildman–Crippen MR) is 86.5 cm³/mol. The summed E-state index contributed by atoms with van der Waals surface area (Å²) < 4.78 is 5.49. The summed E-state index contributed by atoms with van der Waals surface area (Å²) >= 11 is 0. The summed E-state index contributed by atoms with van der Waals surface area (Å²) in [6.07, 6.45) is 0. The van der Waals surface area contributed by atoms with Crippen molar-refractivity contribution in [2.24, 2.45) is 0 Å². The lowest BCUT2D eigenvalue weighted by Crippen LogP contribution is -2.53. The zero-order chi connectivity index (χ0) is 17.3. The van der Waals surface area contributed by atoms with Crippen molar-refractivity contribution >= 4 is 24.0 Å². The van der Waals surface area contributed by atoms with E-state index in [4.69, 9.17) is 4.65 Å². The van der Waals surface area contributed by atoms with Crippen LogP contribution in [0.4, 0.5) is 11.4 Å². The van der Waals surface area contributed by atoms with E-state index in [1.807, 2.05) is 0 Å². The summed E-state index contributed by atoms with van der Waals surface area (Å²) in [5.74, 6) is 0. The first-order chi connectivity index (χ1) is 9.86. The molecule has 0 saturated heterocycles. The number of benzene rings is 1. The molecular weight excluding hydrogens is 287 g/mol. The minimum absolute atomic E-state index is 0.119. The zero-order valence-electron chi connectivity index (χ0n) is 13.8. The first kappa shape index (κ1) is 18.4. The van der Waals surface area contributed by atoms with Gasteiger partial charge < -0.3 is 19.7 Å². The second-order valence-corrected chi connectivity index (χ2v) is 6.44. The van der Waals surface area contributed by atoms with E-state index in [9.17, 15) is 20.2 Å². The zero-order valence-corrected chi connectivity index (χ0v) is 13.8. The molecule has 0 fully saturated rings. The van der Waals surface area contributed by atoms with E-state index in [-0.39, 0.29) is 11.2 Å². The normalized spacial score (nSPS) is 12.2. The van der Waals surface area contributed by atoms with Crippen LogP contribution in [0.3, 0.4) is 0 Å². The Labute approximate surface area is 130 Å². The van der Waals surface area contributed by atoms with Gasteiger partial charge in [0.2, 0.25) is 0 Å². The van der Waals surface area contributed by atoms with Gasteiger partial charge in [-0.3, -0.25) is 10.1 Å². The van der Waals surface area contributed by atoms with Crippen molar-refractivity contribution in [1.82, 2.24) is 0 Å². The molecule has 0 aliphatic heterocycles. The highest BCUT2D eigenvalue weighted by molar-refractivity contribution is 6.60. The van der Waals surface area contributed by atoms with Crippen LogP contribution in [-0.2, 0) is 4.65 Å². The van der Waals surface area contributed by atoms with Crippen molar-refractivity contribution in [2.45, 2.75) is 38.9 Å². The van der Waals surface area contributed by atoms with Gasteiger partial charge in [0, 0.05) is 20.2 Å². The highest BCUT2D eigenvalue weighted by atomic mass is 16.6. The summed E-state index contributed by atoms with van der Waals surface area (Å²) in [6.45, 7) is 6.41. The smallest absolute Gasteiger partial charge is 0.423 e. The maximum atomic E-state index is 11.2. The second-order valence-electron chi connectivity index (χ2n) is 6.44. The first-order valence-corrected chi connectivity index (χ1v) is 6.91. The average molecular weight is 310 g/mol. The van der Waals surface area contributed by atoms with E-state index >= 15 is 0 Å². The molecule has 0 atom stereocenters. The fourth-order valence-electron chi connectivity index (χ4n) is 1.71. The van der Waals surface area contributed by atoms with Crippen LogP contribution in [0.5, 0.6) is 0 Å². The molecule has 8 heteroatoms. The summed E-state index contributed by atoms with van der Waals surface area (Å²) in [6, 6.07) is 4.39. The van der Waals surface area contributed by atoms with E-state index in [2.05, 4.69) is 0 Å². The van der Waals surface area contributed by atoms with Crippen molar-refractivity contribution in [3.63, 3.8) is 0 Å². The van der Waals surface area contributed by atoms with Crippen LogP contribution in [0.1, 0.15) is 27.7 Å². The number of rotatable bonds is 6. The molecule has 0 aliphatic carbocycles. The molecule has 2 N–H and O–H groups in total. The van der Waals surface area contributed by atoms with Gasteiger partial charge in [0.25, 0.3) is 5.69 Å². The van der Waals surface area contributed by atoms with E-state index in [0.29, 0.717) is 5.69 Å². The molecule has 0 aliphatic rings. The number of anilines is 1. The number of hydrogen-bond acceptors (Lipinski definition) is 6. The summed E-state index contributed by atoms with van der Waals surface area (Å²) in [5.41, 5.74) is -1.66. The van der Waals surface area contributed by atoms with Gasteiger partial charge in [0.05, 0.1) is 16.1 Å². The third kappa shape index (κ3) is 3.97. The summed E-state index contributed by atoms with van der Waals surface area (Å²) in [5, 5.41) is 31.4. The van der Waals surface area contributed by atoms with E-state index in [0.717, 1.165) is 0 Å². The van der Waals surface area contributed by atoms with Crippen LogP contribution in [-0.4, -0.2) is 47.5 Å². The molecule has 1 aromatic rings. The molecule has 0 amide bonds. The summed E-state index contributed by atoms with van der Waals surface area (Å²) in [4.78, 5) is 12.3. The Kier molecular flexibility index (Phi) is 5.22. The third-order valence-electron chi connectivity index (χ3n) is 3.84. The molecule has 0 aromatic heterocycles. The monoisotopic (exact) mass is 310 g/mol. The van der Waals surface area contributed by atoms with Gasteiger partial charge in [-0.05, 0) is 39.2 Å². The first-order valence-electron chi connectivity index (χ1n) is 6.91. The molecule has 22 heavy (non-hydrogen) atoms. The number of aliphatic hydroxyl groups is 1. The molecule has 122 valence electrons. The number of nitro groups is 1. The van der Waals surface area contributed by atoms with Crippen molar-refractivity contribution in [1.29, 1.82) is 0 Å². The molecule has 7 nitrogen and oxygen atoms in total. The van der Waals surface area contributed by atoms with Gasteiger partial charge >= 0.3 is 7.12 Å². The van der Waals surface area contributed by atoms with E-state index in [1.54, 1.807) is 58.8 Å².